The minimum Gasteiger partial charge on any atom is -0.469 e. The van der Waals surface area contributed by atoms with Crippen molar-refractivity contribution < 1.29 is 9.21 Å². The normalized spacial score (nSPS) is 12.3. The lowest BCUT2D eigenvalue weighted by atomic mass is 10.1. The van der Waals surface area contributed by atoms with Crippen LogP contribution in [0.2, 0.25) is 5.02 Å². The number of carbonyl (C=O) groups is 1. The number of furan rings is 1. The minimum absolute atomic E-state index is 0.335. The van der Waals surface area contributed by atoms with Crippen LogP contribution in [0.1, 0.15) is 35.0 Å². The van der Waals surface area contributed by atoms with E-state index in [-0.39, 0.29) is 0 Å². The summed E-state index contributed by atoms with van der Waals surface area (Å²) in [7, 11) is 0. The van der Waals surface area contributed by atoms with Crippen LogP contribution in [-0.2, 0) is 13.0 Å². The van der Waals surface area contributed by atoms with Gasteiger partial charge in [0.1, 0.15) is 5.76 Å². The first kappa shape index (κ1) is 15.6. The molecule has 1 aromatic carbocycles. The number of carbonyl (C=O) groups excluding carboxylic acids is 1. The lowest BCUT2D eigenvalue weighted by Gasteiger charge is -2.14. The van der Waals surface area contributed by atoms with Gasteiger partial charge in [0.05, 0.1) is 6.26 Å². The molecule has 0 fully saturated rings. The number of hydrogen-bond donors (Lipinski definition) is 2. The average molecular weight is 307 g/mol. The summed E-state index contributed by atoms with van der Waals surface area (Å²) in [5, 5.41) is 3.96. The van der Waals surface area contributed by atoms with Crippen LogP contribution in [0, 0.1) is 0 Å². The van der Waals surface area contributed by atoms with Crippen molar-refractivity contribution in [3.8, 4) is 0 Å². The van der Waals surface area contributed by atoms with Gasteiger partial charge in [0, 0.05) is 29.6 Å². The van der Waals surface area contributed by atoms with Gasteiger partial charge >= 0.3 is 0 Å². The van der Waals surface area contributed by atoms with E-state index >= 15 is 0 Å². The molecule has 5 heteroatoms. The number of halogens is 1. The zero-order chi connectivity index (χ0) is 15.2. The van der Waals surface area contributed by atoms with Crippen LogP contribution < -0.4 is 11.1 Å². The second kappa shape index (κ2) is 7.29. The molecule has 0 aliphatic rings. The zero-order valence-electron chi connectivity index (χ0n) is 11.9. The number of nitrogens with two attached hydrogens (primary N) is 1. The van der Waals surface area contributed by atoms with Crippen LogP contribution in [0.5, 0.6) is 0 Å². The van der Waals surface area contributed by atoms with Crippen LogP contribution in [0.15, 0.2) is 41.0 Å². The molecular formula is C16H19ClN2O2. The Hall–Kier alpha value is -1.78. The van der Waals surface area contributed by atoms with E-state index < -0.39 is 5.91 Å². The lowest BCUT2D eigenvalue weighted by molar-refractivity contribution is 0.100. The number of nitrogens with one attached hydrogen (secondary N) is 1. The highest BCUT2D eigenvalue weighted by molar-refractivity contribution is 6.31. The summed E-state index contributed by atoms with van der Waals surface area (Å²) in [6.45, 7) is 2.77. The summed E-state index contributed by atoms with van der Waals surface area (Å²) in [6.07, 6.45) is 3.56. The van der Waals surface area contributed by atoms with Crippen LogP contribution in [0.25, 0.3) is 0 Å². The Morgan fingerprint density at radius 3 is 2.86 bits per heavy atom. The van der Waals surface area contributed by atoms with Crippen LogP contribution >= 0.6 is 11.6 Å². The molecule has 0 bridgehead atoms. The first-order chi connectivity index (χ1) is 10.1. The SMILES string of the molecule is CC(CCc1ccco1)NCc1ccc(C(N)=O)cc1Cl. The van der Waals surface area contributed by atoms with Crippen molar-refractivity contribution >= 4 is 17.5 Å². The van der Waals surface area contributed by atoms with Gasteiger partial charge in [-0.15, -0.1) is 0 Å². The third-order valence-corrected chi connectivity index (χ3v) is 3.73. The number of rotatable bonds is 7. The number of primary amides is 1. The molecule has 0 radical (unpaired) electrons. The predicted molar refractivity (Wildman–Crippen MR) is 83.3 cm³/mol. The number of hydrogen-bond acceptors (Lipinski definition) is 3. The molecule has 2 rings (SSSR count). The molecule has 112 valence electrons. The van der Waals surface area contributed by atoms with Gasteiger partial charge in [-0.3, -0.25) is 4.79 Å². The van der Waals surface area contributed by atoms with Gasteiger partial charge in [-0.25, -0.2) is 0 Å². The van der Waals surface area contributed by atoms with Gasteiger partial charge in [0.25, 0.3) is 0 Å². The summed E-state index contributed by atoms with van der Waals surface area (Å²) < 4.78 is 5.31. The Morgan fingerprint density at radius 2 is 2.24 bits per heavy atom. The molecule has 0 spiro atoms. The van der Waals surface area contributed by atoms with Gasteiger partial charge < -0.3 is 15.5 Å². The molecule has 1 heterocycles. The van der Waals surface area contributed by atoms with Crippen molar-refractivity contribution in [1.29, 1.82) is 0 Å². The number of aryl methyl sites for hydroxylation is 1. The summed E-state index contributed by atoms with van der Waals surface area (Å²) >= 11 is 6.15. The Labute approximate surface area is 129 Å². The molecular weight excluding hydrogens is 288 g/mol. The maximum Gasteiger partial charge on any atom is 0.248 e. The van der Waals surface area contributed by atoms with Crippen molar-refractivity contribution in [1.82, 2.24) is 5.32 Å². The Kier molecular flexibility index (Phi) is 5.42. The Bertz CT molecular complexity index is 596. The molecule has 3 N–H and O–H groups in total. The summed E-state index contributed by atoms with van der Waals surface area (Å²) in [4.78, 5) is 11.1. The van der Waals surface area contributed by atoms with Crippen molar-refractivity contribution in [3.05, 3.63) is 58.5 Å². The summed E-state index contributed by atoms with van der Waals surface area (Å²) in [5.41, 5.74) is 6.59. The molecule has 0 aliphatic heterocycles. The zero-order valence-corrected chi connectivity index (χ0v) is 12.7. The first-order valence-corrected chi connectivity index (χ1v) is 7.28. The monoisotopic (exact) mass is 306 g/mol. The fourth-order valence-corrected chi connectivity index (χ4v) is 2.29. The van der Waals surface area contributed by atoms with E-state index in [9.17, 15) is 4.79 Å². The van der Waals surface area contributed by atoms with Crippen LogP contribution in [0.3, 0.4) is 0 Å². The van der Waals surface area contributed by atoms with Gasteiger partial charge in [-0.1, -0.05) is 17.7 Å². The van der Waals surface area contributed by atoms with E-state index in [0.717, 1.165) is 24.2 Å². The van der Waals surface area contributed by atoms with Gasteiger partial charge in [0.15, 0.2) is 0 Å². The van der Waals surface area contributed by atoms with Crippen molar-refractivity contribution in [2.45, 2.75) is 32.4 Å². The van der Waals surface area contributed by atoms with Gasteiger partial charge in [-0.2, -0.15) is 0 Å². The molecule has 2 aromatic rings. The van der Waals surface area contributed by atoms with Gasteiger partial charge in [-0.05, 0) is 43.2 Å². The molecule has 0 saturated carbocycles. The third-order valence-electron chi connectivity index (χ3n) is 3.38. The molecule has 1 amide bonds. The molecule has 1 unspecified atom stereocenters. The van der Waals surface area contributed by atoms with Crippen LogP contribution in [0.4, 0.5) is 0 Å². The molecule has 0 aliphatic carbocycles. The summed E-state index contributed by atoms with van der Waals surface area (Å²) in [5.74, 6) is 0.524. The highest BCUT2D eigenvalue weighted by atomic mass is 35.5. The topological polar surface area (TPSA) is 68.3 Å². The fraction of sp³-hybridized carbons (Fsp3) is 0.312. The summed E-state index contributed by atoms with van der Waals surface area (Å²) in [6, 6.07) is 9.34. The van der Waals surface area contributed by atoms with Crippen LogP contribution in [-0.4, -0.2) is 11.9 Å². The predicted octanol–water partition coefficient (Wildman–Crippen LogP) is 3.14. The quantitative estimate of drug-likeness (QED) is 0.825. The maximum atomic E-state index is 11.1. The third kappa shape index (κ3) is 4.62. The maximum absolute atomic E-state index is 11.1. The molecule has 4 nitrogen and oxygen atoms in total. The molecule has 21 heavy (non-hydrogen) atoms. The first-order valence-electron chi connectivity index (χ1n) is 6.90. The van der Waals surface area contributed by atoms with Crippen molar-refractivity contribution in [2.75, 3.05) is 0 Å². The van der Waals surface area contributed by atoms with Crippen molar-refractivity contribution in [2.24, 2.45) is 5.73 Å². The highest BCUT2D eigenvalue weighted by Crippen LogP contribution is 2.18. The smallest absolute Gasteiger partial charge is 0.248 e. The number of benzene rings is 1. The standard InChI is InChI=1S/C16H19ClN2O2/c1-11(4-7-14-3-2-8-21-14)19-10-13-6-5-12(16(18)20)9-15(13)17/h2-3,5-6,8-9,11,19H,4,7,10H2,1H3,(H2,18,20). The molecule has 1 aromatic heterocycles. The van der Waals surface area contributed by atoms with E-state index in [0.29, 0.717) is 23.2 Å². The van der Waals surface area contributed by atoms with E-state index in [4.69, 9.17) is 21.8 Å². The second-order valence-corrected chi connectivity index (χ2v) is 5.48. The van der Waals surface area contributed by atoms with E-state index in [2.05, 4.69) is 12.2 Å². The van der Waals surface area contributed by atoms with E-state index in [1.54, 1.807) is 18.4 Å². The average Bonchev–Trinajstić information content (AvgIpc) is 2.97. The molecule has 1 atom stereocenters. The Morgan fingerprint density at radius 1 is 1.43 bits per heavy atom. The Balaban J connectivity index is 1.83. The molecule has 0 saturated heterocycles. The van der Waals surface area contributed by atoms with Crippen molar-refractivity contribution in [3.63, 3.8) is 0 Å². The number of amides is 1. The minimum atomic E-state index is -0.469. The van der Waals surface area contributed by atoms with Gasteiger partial charge in [0.2, 0.25) is 5.91 Å². The van der Waals surface area contributed by atoms with E-state index in [1.165, 1.54) is 0 Å². The fourth-order valence-electron chi connectivity index (χ4n) is 2.04. The second-order valence-electron chi connectivity index (χ2n) is 5.07. The highest BCUT2D eigenvalue weighted by Gasteiger charge is 2.08. The largest absolute Gasteiger partial charge is 0.469 e. The lowest BCUT2D eigenvalue weighted by Crippen LogP contribution is -2.26. The van der Waals surface area contributed by atoms with E-state index in [1.807, 2.05) is 18.2 Å².